The lowest BCUT2D eigenvalue weighted by atomic mass is 10.1. The lowest BCUT2D eigenvalue weighted by Gasteiger charge is -2.10. The summed E-state index contributed by atoms with van der Waals surface area (Å²) >= 11 is 0. The summed E-state index contributed by atoms with van der Waals surface area (Å²) in [6.07, 6.45) is 3.58. The highest BCUT2D eigenvalue weighted by Crippen LogP contribution is 2.20. The molecule has 1 atom stereocenters. The van der Waals surface area contributed by atoms with Gasteiger partial charge in [-0.2, -0.15) is 5.10 Å². The molecule has 0 aliphatic heterocycles. The lowest BCUT2D eigenvalue weighted by Crippen LogP contribution is -2.20. The molecule has 5 heteroatoms. The van der Waals surface area contributed by atoms with Gasteiger partial charge in [-0.25, -0.2) is 4.98 Å². The maximum Gasteiger partial charge on any atom is 0.227 e. The third-order valence-corrected chi connectivity index (χ3v) is 3.30. The van der Waals surface area contributed by atoms with Crippen molar-refractivity contribution in [3.63, 3.8) is 0 Å². The zero-order valence-electron chi connectivity index (χ0n) is 11.9. The molecule has 102 valence electrons. The van der Waals surface area contributed by atoms with Gasteiger partial charge in [-0.15, -0.1) is 0 Å². The Hall–Kier alpha value is -1.91. The molecule has 1 amide bonds. The minimum atomic E-state index is 0.0238. The number of hydrogen-bond acceptors (Lipinski definition) is 3. The number of carbonyl (C=O) groups is 1. The Morgan fingerprint density at radius 3 is 2.95 bits per heavy atom. The van der Waals surface area contributed by atoms with Gasteiger partial charge < -0.3 is 5.32 Å². The molecule has 2 aromatic rings. The molecular weight excluding hydrogens is 240 g/mol. The second-order valence-corrected chi connectivity index (χ2v) is 4.98. The van der Waals surface area contributed by atoms with E-state index in [0.29, 0.717) is 0 Å². The number of nitrogens with one attached hydrogen (secondary N) is 1. The highest BCUT2D eigenvalue weighted by molar-refractivity contribution is 5.94. The van der Waals surface area contributed by atoms with Crippen LogP contribution in [0.5, 0.6) is 0 Å². The van der Waals surface area contributed by atoms with Gasteiger partial charge in [-0.05, 0) is 19.4 Å². The van der Waals surface area contributed by atoms with E-state index < -0.39 is 0 Å². The Morgan fingerprint density at radius 1 is 1.53 bits per heavy atom. The van der Waals surface area contributed by atoms with Crippen LogP contribution in [-0.2, 0) is 11.8 Å². The van der Waals surface area contributed by atoms with Gasteiger partial charge in [0.05, 0.1) is 17.6 Å². The third kappa shape index (κ3) is 2.75. The summed E-state index contributed by atoms with van der Waals surface area (Å²) in [5, 5.41) is 8.21. The number of aryl methyl sites for hydroxylation is 2. The standard InChI is InChI=1S/C14H20N4O/c1-5-6-9(2)14(19)16-11-7-12-10(3)17-18(4)13(12)15-8-11/h7-9H,5-6H2,1-4H3,(H,16,19). The molecular formula is C14H20N4O. The predicted molar refractivity (Wildman–Crippen MR) is 75.9 cm³/mol. The number of carbonyl (C=O) groups excluding carboxylic acids is 1. The van der Waals surface area contributed by atoms with E-state index in [4.69, 9.17) is 0 Å². The van der Waals surface area contributed by atoms with E-state index in [0.717, 1.165) is 35.3 Å². The normalized spacial score (nSPS) is 12.6. The van der Waals surface area contributed by atoms with Gasteiger partial charge in [0, 0.05) is 18.4 Å². The molecule has 2 rings (SSSR count). The van der Waals surface area contributed by atoms with Crippen LogP contribution >= 0.6 is 0 Å². The van der Waals surface area contributed by atoms with Crippen molar-refractivity contribution in [2.24, 2.45) is 13.0 Å². The number of hydrogen-bond donors (Lipinski definition) is 1. The molecule has 0 saturated carbocycles. The Kier molecular flexibility index (Phi) is 3.83. The van der Waals surface area contributed by atoms with Crippen LogP contribution in [0.25, 0.3) is 11.0 Å². The van der Waals surface area contributed by atoms with E-state index in [-0.39, 0.29) is 11.8 Å². The van der Waals surface area contributed by atoms with Crippen molar-refractivity contribution in [2.45, 2.75) is 33.6 Å². The van der Waals surface area contributed by atoms with Crippen molar-refractivity contribution in [2.75, 3.05) is 5.32 Å². The van der Waals surface area contributed by atoms with Crippen LogP contribution in [0.3, 0.4) is 0 Å². The summed E-state index contributed by atoms with van der Waals surface area (Å²) in [6.45, 7) is 5.96. The largest absolute Gasteiger partial charge is 0.324 e. The first-order chi connectivity index (χ1) is 9.02. The number of pyridine rings is 1. The quantitative estimate of drug-likeness (QED) is 0.919. The van der Waals surface area contributed by atoms with Crippen molar-refractivity contribution in [3.8, 4) is 0 Å². The summed E-state index contributed by atoms with van der Waals surface area (Å²) in [6, 6.07) is 1.93. The van der Waals surface area contributed by atoms with Crippen LogP contribution in [0.15, 0.2) is 12.3 Å². The first-order valence-electron chi connectivity index (χ1n) is 6.63. The van der Waals surface area contributed by atoms with Crippen LogP contribution in [0.1, 0.15) is 32.4 Å². The number of aromatic nitrogens is 3. The van der Waals surface area contributed by atoms with Gasteiger partial charge in [0.1, 0.15) is 0 Å². The molecule has 0 fully saturated rings. The molecule has 0 bridgehead atoms. The second kappa shape index (κ2) is 5.38. The Labute approximate surface area is 113 Å². The van der Waals surface area contributed by atoms with Crippen molar-refractivity contribution in [1.29, 1.82) is 0 Å². The summed E-state index contributed by atoms with van der Waals surface area (Å²) in [7, 11) is 1.86. The zero-order chi connectivity index (χ0) is 14.0. The first-order valence-corrected chi connectivity index (χ1v) is 6.63. The van der Waals surface area contributed by atoms with Gasteiger partial charge >= 0.3 is 0 Å². The van der Waals surface area contributed by atoms with E-state index in [2.05, 4.69) is 22.3 Å². The van der Waals surface area contributed by atoms with Crippen LogP contribution in [0.2, 0.25) is 0 Å². The Balaban J connectivity index is 2.22. The van der Waals surface area contributed by atoms with Gasteiger partial charge in [0.25, 0.3) is 0 Å². The molecule has 0 aromatic carbocycles. The number of amides is 1. The zero-order valence-corrected chi connectivity index (χ0v) is 11.9. The number of nitrogens with zero attached hydrogens (tertiary/aromatic N) is 3. The Bertz CT molecular complexity index is 603. The van der Waals surface area contributed by atoms with E-state index >= 15 is 0 Å². The summed E-state index contributed by atoms with van der Waals surface area (Å²) in [4.78, 5) is 16.3. The van der Waals surface area contributed by atoms with Crippen LogP contribution in [0, 0.1) is 12.8 Å². The summed E-state index contributed by atoms with van der Waals surface area (Å²) in [5.41, 5.74) is 2.48. The minimum Gasteiger partial charge on any atom is -0.324 e. The maximum atomic E-state index is 12.0. The van der Waals surface area contributed by atoms with E-state index in [9.17, 15) is 4.79 Å². The number of anilines is 1. The maximum absolute atomic E-state index is 12.0. The summed E-state index contributed by atoms with van der Waals surface area (Å²) in [5.74, 6) is 0.0697. The molecule has 19 heavy (non-hydrogen) atoms. The molecule has 0 aliphatic rings. The van der Waals surface area contributed by atoms with Crippen molar-refractivity contribution >= 4 is 22.6 Å². The fourth-order valence-electron chi connectivity index (χ4n) is 2.21. The monoisotopic (exact) mass is 260 g/mol. The SMILES string of the molecule is CCCC(C)C(=O)Nc1cnc2c(c1)c(C)nn2C. The van der Waals surface area contributed by atoms with E-state index in [1.54, 1.807) is 10.9 Å². The number of rotatable bonds is 4. The fraction of sp³-hybridized carbons (Fsp3) is 0.500. The second-order valence-electron chi connectivity index (χ2n) is 4.98. The summed E-state index contributed by atoms with van der Waals surface area (Å²) < 4.78 is 1.75. The molecule has 0 spiro atoms. The van der Waals surface area contributed by atoms with Gasteiger partial charge in [0.2, 0.25) is 5.91 Å². The average Bonchev–Trinajstić information content (AvgIpc) is 2.65. The van der Waals surface area contributed by atoms with Gasteiger partial charge in [-0.3, -0.25) is 9.48 Å². The fourth-order valence-corrected chi connectivity index (χ4v) is 2.21. The van der Waals surface area contributed by atoms with Crippen molar-refractivity contribution in [3.05, 3.63) is 18.0 Å². The topological polar surface area (TPSA) is 59.8 Å². The molecule has 5 nitrogen and oxygen atoms in total. The van der Waals surface area contributed by atoms with Crippen LogP contribution in [0.4, 0.5) is 5.69 Å². The lowest BCUT2D eigenvalue weighted by molar-refractivity contribution is -0.119. The van der Waals surface area contributed by atoms with E-state index in [1.807, 2.05) is 27.0 Å². The van der Waals surface area contributed by atoms with Gasteiger partial charge in [0.15, 0.2) is 5.65 Å². The first kappa shape index (κ1) is 13.5. The average molecular weight is 260 g/mol. The minimum absolute atomic E-state index is 0.0238. The third-order valence-electron chi connectivity index (χ3n) is 3.30. The molecule has 1 N–H and O–H groups in total. The molecule has 0 radical (unpaired) electrons. The Morgan fingerprint density at radius 2 is 2.26 bits per heavy atom. The number of fused-ring (bicyclic) bond motifs is 1. The smallest absolute Gasteiger partial charge is 0.227 e. The molecule has 1 unspecified atom stereocenters. The van der Waals surface area contributed by atoms with E-state index in [1.165, 1.54) is 0 Å². The molecule has 2 aromatic heterocycles. The van der Waals surface area contributed by atoms with Gasteiger partial charge in [-0.1, -0.05) is 20.3 Å². The molecule has 0 saturated heterocycles. The van der Waals surface area contributed by atoms with Crippen LogP contribution in [-0.4, -0.2) is 20.7 Å². The van der Waals surface area contributed by atoms with Crippen LogP contribution < -0.4 is 5.32 Å². The molecule has 2 heterocycles. The highest BCUT2D eigenvalue weighted by atomic mass is 16.1. The highest BCUT2D eigenvalue weighted by Gasteiger charge is 2.13. The van der Waals surface area contributed by atoms with Crippen molar-refractivity contribution in [1.82, 2.24) is 14.8 Å². The van der Waals surface area contributed by atoms with Crippen molar-refractivity contribution < 1.29 is 4.79 Å². The predicted octanol–water partition coefficient (Wildman–Crippen LogP) is 2.65. The molecule has 0 aliphatic carbocycles.